The normalized spacial score (nSPS) is 16.5. The number of sulfonamides is 1. The number of anilines is 2. The van der Waals surface area contributed by atoms with E-state index in [0.29, 0.717) is 5.02 Å². The number of benzene rings is 2. The summed E-state index contributed by atoms with van der Waals surface area (Å²) in [5.41, 5.74) is 0.495. The summed E-state index contributed by atoms with van der Waals surface area (Å²) in [5.74, 6) is -0.374. The van der Waals surface area contributed by atoms with Crippen LogP contribution < -0.4 is 14.4 Å². The number of nitrogens with one attached hydrogen (secondary N) is 1. The SMILES string of the molecule is CS(=O)(=O)N1C[C@@H](C(=O)Nc2cc(Cl)c(Cl)cc2Cl)Oc2ccc(Cl)cc21. The number of amides is 1. The highest BCUT2D eigenvalue weighted by atomic mass is 35.5. The lowest BCUT2D eigenvalue weighted by Gasteiger charge is -2.34. The number of nitrogens with zero attached hydrogens (tertiary/aromatic N) is 1. The van der Waals surface area contributed by atoms with Crippen molar-refractivity contribution >= 4 is 73.7 Å². The maximum Gasteiger partial charge on any atom is 0.267 e. The van der Waals surface area contributed by atoms with E-state index in [1.807, 2.05) is 0 Å². The summed E-state index contributed by atoms with van der Waals surface area (Å²) >= 11 is 23.8. The summed E-state index contributed by atoms with van der Waals surface area (Å²) in [6, 6.07) is 7.29. The second-order valence-corrected chi connectivity index (χ2v) is 9.31. The molecule has 1 heterocycles. The number of ether oxygens (including phenoxy) is 1. The van der Waals surface area contributed by atoms with Gasteiger partial charge in [-0.1, -0.05) is 46.4 Å². The molecule has 0 spiro atoms. The Bertz CT molecular complexity index is 1030. The van der Waals surface area contributed by atoms with Gasteiger partial charge in [-0.2, -0.15) is 0 Å². The summed E-state index contributed by atoms with van der Waals surface area (Å²) in [6.07, 6.45) is -0.0766. The second kappa shape index (κ2) is 7.56. The molecule has 27 heavy (non-hydrogen) atoms. The molecule has 144 valence electrons. The zero-order valence-electron chi connectivity index (χ0n) is 13.7. The smallest absolute Gasteiger partial charge is 0.267 e. The molecule has 0 saturated carbocycles. The Morgan fingerprint density at radius 1 is 1.11 bits per heavy atom. The Morgan fingerprint density at radius 3 is 2.44 bits per heavy atom. The molecule has 1 amide bonds. The second-order valence-electron chi connectivity index (χ2n) is 5.75. The van der Waals surface area contributed by atoms with Gasteiger partial charge in [-0.05, 0) is 30.3 Å². The van der Waals surface area contributed by atoms with Gasteiger partial charge in [0, 0.05) is 5.02 Å². The zero-order chi connectivity index (χ0) is 19.9. The van der Waals surface area contributed by atoms with Crippen LogP contribution in [0.25, 0.3) is 0 Å². The van der Waals surface area contributed by atoms with E-state index in [-0.39, 0.29) is 38.7 Å². The lowest BCUT2D eigenvalue weighted by atomic mass is 10.2. The molecule has 1 N–H and O–H groups in total. The molecule has 0 bridgehead atoms. The van der Waals surface area contributed by atoms with Crippen LogP contribution in [0.5, 0.6) is 5.75 Å². The first-order valence-electron chi connectivity index (χ1n) is 7.45. The van der Waals surface area contributed by atoms with Crippen LogP contribution in [0.4, 0.5) is 11.4 Å². The standard InChI is InChI=1S/C16H12Cl4N2O4S/c1-27(24,25)22-7-15(26-14-3-2-8(17)4-13(14)22)16(23)21-12-6-10(19)9(18)5-11(12)20/h2-6,15H,7H2,1H3,(H,21,23)/t15-/m0/s1. The van der Waals surface area contributed by atoms with Crippen molar-refractivity contribution in [3.8, 4) is 5.75 Å². The van der Waals surface area contributed by atoms with Crippen LogP contribution in [0, 0.1) is 0 Å². The first-order valence-corrected chi connectivity index (χ1v) is 10.8. The van der Waals surface area contributed by atoms with Gasteiger partial charge < -0.3 is 10.1 Å². The summed E-state index contributed by atoms with van der Waals surface area (Å²) in [7, 11) is -3.67. The molecule has 1 aliphatic rings. The van der Waals surface area contributed by atoms with Crippen molar-refractivity contribution in [1.82, 2.24) is 0 Å². The van der Waals surface area contributed by atoms with Gasteiger partial charge in [0.1, 0.15) is 5.75 Å². The van der Waals surface area contributed by atoms with Gasteiger partial charge in [0.15, 0.2) is 6.10 Å². The number of carbonyl (C=O) groups is 1. The molecule has 1 aliphatic heterocycles. The van der Waals surface area contributed by atoms with Gasteiger partial charge in [0.05, 0.1) is 39.2 Å². The third-order valence-electron chi connectivity index (χ3n) is 3.75. The first-order chi connectivity index (χ1) is 12.6. The third kappa shape index (κ3) is 4.38. The van der Waals surface area contributed by atoms with Gasteiger partial charge in [0.25, 0.3) is 5.91 Å². The molecule has 1 atom stereocenters. The predicted molar refractivity (Wildman–Crippen MR) is 108 cm³/mol. The van der Waals surface area contributed by atoms with Crippen molar-refractivity contribution < 1.29 is 17.9 Å². The molecule has 11 heteroatoms. The molecule has 0 saturated heterocycles. The van der Waals surface area contributed by atoms with E-state index >= 15 is 0 Å². The van der Waals surface area contributed by atoms with E-state index in [1.54, 1.807) is 0 Å². The summed E-state index contributed by atoms with van der Waals surface area (Å²) in [5, 5.41) is 3.55. The van der Waals surface area contributed by atoms with E-state index < -0.39 is 22.0 Å². The van der Waals surface area contributed by atoms with Gasteiger partial charge in [-0.15, -0.1) is 0 Å². The van der Waals surface area contributed by atoms with E-state index in [1.165, 1.54) is 30.3 Å². The topological polar surface area (TPSA) is 75.7 Å². The van der Waals surface area contributed by atoms with E-state index in [0.717, 1.165) is 10.6 Å². The van der Waals surface area contributed by atoms with Crippen LogP contribution in [-0.4, -0.2) is 33.2 Å². The van der Waals surface area contributed by atoms with Crippen molar-refractivity contribution in [2.45, 2.75) is 6.10 Å². The number of rotatable bonds is 3. The molecule has 0 radical (unpaired) electrons. The van der Waals surface area contributed by atoms with Crippen molar-refractivity contribution in [2.75, 3.05) is 22.4 Å². The molecule has 0 unspecified atom stereocenters. The third-order valence-corrected chi connectivity index (χ3v) is 6.17. The van der Waals surface area contributed by atoms with Crippen LogP contribution in [0.15, 0.2) is 30.3 Å². The van der Waals surface area contributed by atoms with E-state index in [2.05, 4.69) is 5.32 Å². The highest BCUT2D eigenvalue weighted by Gasteiger charge is 2.35. The molecule has 0 aromatic heterocycles. The van der Waals surface area contributed by atoms with Crippen LogP contribution >= 0.6 is 46.4 Å². The van der Waals surface area contributed by atoms with Crippen molar-refractivity contribution in [3.05, 3.63) is 50.4 Å². The molecule has 0 aliphatic carbocycles. The molecule has 2 aromatic carbocycles. The van der Waals surface area contributed by atoms with Crippen molar-refractivity contribution in [3.63, 3.8) is 0 Å². The fraction of sp³-hybridized carbons (Fsp3) is 0.188. The van der Waals surface area contributed by atoms with Gasteiger partial charge in [-0.3, -0.25) is 9.10 Å². The number of hydrogen-bond donors (Lipinski definition) is 1. The van der Waals surface area contributed by atoms with Crippen LogP contribution in [0.1, 0.15) is 0 Å². The van der Waals surface area contributed by atoms with E-state index in [9.17, 15) is 13.2 Å². The number of hydrogen-bond acceptors (Lipinski definition) is 4. The van der Waals surface area contributed by atoms with Crippen molar-refractivity contribution in [1.29, 1.82) is 0 Å². The minimum absolute atomic E-state index is 0.181. The highest BCUT2D eigenvalue weighted by molar-refractivity contribution is 7.92. The minimum atomic E-state index is -3.67. The van der Waals surface area contributed by atoms with Crippen LogP contribution in [-0.2, 0) is 14.8 Å². The number of carbonyl (C=O) groups excluding carboxylic acids is 1. The van der Waals surface area contributed by atoms with Gasteiger partial charge >= 0.3 is 0 Å². The molecule has 3 rings (SSSR count). The van der Waals surface area contributed by atoms with Crippen molar-refractivity contribution in [2.24, 2.45) is 0 Å². The lowest BCUT2D eigenvalue weighted by molar-refractivity contribution is -0.122. The monoisotopic (exact) mass is 468 g/mol. The molecule has 2 aromatic rings. The summed E-state index contributed by atoms with van der Waals surface area (Å²) in [6.45, 7) is -0.225. The largest absolute Gasteiger partial charge is 0.476 e. The maximum atomic E-state index is 12.6. The Kier molecular flexibility index (Phi) is 5.70. The van der Waals surface area contributed by atoms with Gasteiger partial charge in [-0.25, -0.2) is 8.42 Å². The Morgan fingerprint density at radius 2 is 1.78 bits per heavy atom. The molecule has 0 fully saturated rings. The Balaban J connectivity index is 1.91. The fourth-order valence-corrected chi connectivity index (χ4v) is 4.17. The van der Waals surface area contributed by atoms with Crippen LogP contribution in [0.3, 0.4) is 0 Å². The highest BCUT2D eigenvalue weighted by Crippen LogP contribution is 2.38. The van der Waals surface area contributed by atoms with E-state index in [4.69, 9.17) is 51.1 Å². The quantitative estimate of drug-likeness (QED) is 0.673. The maximum absolute atomic E-state index is 12.6. The summed E-state index contributed by atoms with van der Waals surface area (Å²) in [4.78, 5) is 12.6. The number of halogens is 4. The molecule has 6 nitrogen and oxygen atoms in total. The minimum Gasteiger partial charge on any atom is -0.476 e. The lowest BCUT2D eigenvalue weighted by Crippen LogP contribution is -2.48. The average Bonchev–Trinajstić information content (AvgIpc) is 2.57. The predicted octanol–water partition coefficient (Wildman–Crippen LogP) is 4.47. The van der Waals surface area contributed by atoms with Crippen LogP contribution in [0.2, 0.25) is 20.1 Å². The average molecular weight is 470 g/mol. The molecular formula is C16H12Cl4N2O4S. The fourth-order valence-electron chi connectivity index (χ4n) is 2.51. The zero-order valence-corrected chi connectivity index (χ0v) is 17.5. The first kappa shape index (κ1) is 20.4. The molecular weight excluding hydrogens is 458 g/mol. The Hall–Kier alpha value is -1.38. The Labute approximate surface area is 176 Å². The van der Waals surface area contributed by atoms with Gasteiger partial charge in [0.2, 0.25) is 10.0 Å². The number of fused-ring (bicyclic) bond motifs is 1. The summed E-state index contributed by atoms with van der Waals surface area (Å²) < 4.78 is 31.1.